The molecule has 4 N–H and O–H groups in total. The number of aromatic nitrogens is 2. The number of piperidine rings is 2. The number of sulfonamides is 1. The Bertz CT molecular complexity index is 2520. The summed E-state index contributed by atoms with van der Waals surface area (Å²) in [4.78, 5) is 67.6. The number of likely N-dealkylation sites (tertiary alicyclic amines) is 1. The van der Waals surface area contributed by atoms with E-state index in [0.29, 0.717) is 35.6 Å². The second-order valence-corrected chi connectivity index (χ2v) is 19.1. The lowest BCUT2D eigenvalue weighted by Gasteiger charge is -2.43. The monoisotopic (exact) mass is 866 g/mol. The van der Waals surface area contributed by atoms with Gasteiger partial charge in [-0.05, 0) is 115 Å². The van der Waals surface area contributed by atoms with E-state index in [2.05, 4.69) is 57.5 Å². The molecule has 0 aliphatic carbocycles. The van der Waals surface area contributed by atoms with Crippen molar-refractivity contribution in [3.63, 3.8) is 0 Å². The zero-order valence-corrected chi connectivity index (χ0v) is 36.0. The third kappa shape index (κ3) is 9.33. The summed E-state index contributed by atoms with van der Waals surface area (Å²) >= 11 is 0. The Kier molecular flexibility index (Phi) is 11.9. The molecular formula is C44H51FN10O6S. The number of hydrogen-bond donors (Lipinski definition) is 4. The quantitative estimate of drug-likeness (QED) is 0.152. The Morgan fingerprint density at radius 2 is 1.53 bits per heavy atom. The van der Waals surface area contributed by atoms with Gasteiger partial charge >= 0.3 is 0 Å². The van der Waals surface area contributed by atoms with Crippen LogP contribution in [0.1, 0.15) is 78.3 Å². The molecule has 62 heavy (non-hydrogen) atoms. The Morgan fingerprint density at radius 1 is 0.839 bits per heavy atom. The molecule has 1 atom stereocenters. The SMILES string of the molecule is Cc1cnc(Nc2ccc(N3CCN(C4CCN(Cc5cc6c(cc5F)C(=O)N(C5CCC(=O)NC5=O)C6=O)CC4)CC3)cc2)nc1Nc1cccc(S(=O)(=O)NC(C)(C)C)c1. The summed E-state index contributed by atoms with van der Waals surface area (Å²) in [6.45, 7) is 12.7. The highest BCUT2D eigenvalue weighted by Gasteiger charge is 2.45. The largest absolute Gasteiger partial charge is 0.369 e. The predicted octanol–water partition coefficient (Wildman–Crippen LogP) is 4.68. The molecule has 1 aromatic heterocycles. The second kappa shape index (κ2) is 17.2. The first kappa shape index (κ1) is 42.9. The highest BCUT2D eigenvalue weighted by Crippen LogP contribution is 2.32. The standard InChI is InChI=1S/C44H51FN10O6S/c1-27-25-46-43(50-39(27)47-30-6-5-7-33(23-30)62(60,61)51-44(2,3)4)48-29-8-10-31(11-9-29)53-18-20-54(21-19-53)32-14-16-52(17-15-32)26-28-22-34-35(24-36(28)45)42(59)55(41(34)58)37-12-13-38(56)49-40(37)57/h5-11,22-25,32,37,51H,12-21,26H2,1-4H3,(H,49,56,57)(H2,46,47,48,50). The average Bonchev–Trinajstić information content (AvgIpc) is 3.46. The molecule has 4 amide bonds. The van der Waals surface area contributed by atoms with Crippen LogP contribution in [0.15, 0.2) is 71.8 Å². The lowest BCUT2D eigenvalue weighted by Crippen LogP contribution is -2.54. The van der Waals surface area contributed by atoms with E-state index >= 15 is 4.39 Å². The fourth-order valence-corrected chi connectivity index (χ4v) is 10.0. The van der Waals surface area contributed by atoms with Crippen LogP contribution in [-0.4, -0.2) is 114 Å². The number of hydrogen-bond acceptors (Lipinski definition) is 13. The summed E-state index contributed by atoms with van der Waals surface area (Å²) in [5, 5.41) is 8.70. The minimum absolute atomic E-state index is 0.0176. The van der Waals surface area contributed by atoms with Crippen molar-refractivity contribution in [1.82, 2.24) is 34.7 Å². The predicted molar refractivity (Wildman–Crippen MR) is 231 cm³/mol. The summed E-state index contributed by atoms with van der Waals surface area (Å²) in [7, 11) is -3.71. The maximum Gasteiger partial charge on any atom is 0.262 e. The van der Waals surface area contributed by atoms with Gasteiger partial charge in [-0.25, -0.2) is 22.5 Å². The van der Waals surface area contributed by atoms with Gasteiger partial charge in [-0.3, -0.25) is 39.2 Å². The maximum absolute atomic E-state index is 15.4. The Balaban J connectivity index is 0.811. The van der Waals surface area contributed by atoms with Crippen molar-refractivity contribution in [1.29, 1.82) is 0 Å². The molecule has 0 saturated carbocycles. The van der Waals surface area contributed by atoms with E-state index < -0.39 is 51.0 Å². The molecule has 3 fully saturated rings. The van der Waals surface area contributed by atoms with Crippen LogP contribution in [0.2, 0.25) is 0 Å². The van der Waals surface area contributed by atoms with Crippen molar-refractivity contribution in [2.45, 2.75) is 82.4 Å². The summed E-state index contributed by atoms with van der Waals surface area (Å²) in [6, 6.07) is 16.6. The van der Waals surface area contributed by atoms with E-state index in [0.717, 1.165) is 80.0 Å². The minimum atomic E-state index is -3.71. The molecule has 4 aliphatic heterocycles. The minimum Gasteiger partial charge on any atom is -0.369 e. The van der Waals surface area contributed by atoms with Crippen LogP contribution in [0.3, 0.4) is 0 Å². The van der Waals surface area contributed by atoms with Gasteiger partial charge in [0.2, 0.25) is 27.8 Å². The van der Waals surface area contributed by atoms with Crippen LogP contribution in [0, 0.1) is 12.7 Å². The van der Waals surface area contributed by atoms with E-state index in [1.54, 1.807) is 51.2 Å². The molecule has 4 aliphatic rings. The normalized spacial score (nSPS) is 19.5. The Morgan fingerprint density at radius 3 is 2.21 bits per heavy atom. The first-order chi connectivity index (χ1) is 29.5. The molecule has 18 heteroatoms. The third-order valence-corrected chi connectivity index (χ3v) is 13.5. The number of nitrogens with zero attached hydrogens (tertiary/aromatic N) is 6. The molecule has 3 aromatic carbocycles. The number of benzene rings is 3. The first-order valence-electron chi connectivity index (χ1n) is 20.9. The van der Waals surface area contributed by atoms with Crippen LogP contribution in [0.5, 0.6) is 0 Å². The number of nitrogens with one attached hydrogen (secondary N) is 4. The van der Waals surface area contributed by atoms with Crippen molar-refractivity contribution in [3.8, 4) is 0 Å². The fourth-order valence-electron chi connectivity index (χ4n) is 8.54. The molecule has 0 spiro atoms. The van der Waals surface area contributed by atoms with Crippen molar-refractivity contribution >= 4 is 62.5 Å². The first-order valence-corrected chi connectivity index (χ1v) is 22.4. The lowest BCUT2D eigenvalue weighted by atomic mass is 10.00. The zero-order valence-electron chi connectivity index (χ0n) is 35.2. The van der Waals surface area contributed by atoms with Crippen LogP contribution >= 0.6 is 0 Å². The number of halogens is 1. The second-order valence-electron chi connectivity index (χ2n) is 17.4. The molecule has 3 saturated heterocycles. The summed E-state index contributed by atoms with van der Waals surface area (Å²) in [5.74, 6) is -2.13. The van der Waals surface area contributed by atoms with E-state index in [1.807, 2.05) is 19.1 Å². The number of imide groups is 2. The highest BCUT2D eigenvalue weighted by atomic mass is 32.2. The van der Waals surface area contributed by atoms with Gasteiger partial charge < -0.3 is 15.5 Å². The van der Waals surface area contributed by atoms with Crippen LogP contribution in [0.4, 0.5) is 33.2 Å². The van der Waals surface area contributed by atoms with Crippen molar-refractivity contribution < 1.29 is 32.0 Å². The molecule has 326 valence electrons. The third-order valence-electron chi connectivity index (χ3n) is 11.7. The van der Waals surface area contributed by atoms with Crippen LogP contribution in [-0.2, 0) is 26.2 Å². The maximum atomic E-state index is 15.4. The van der Waals surface area contributed by atoms with Crippen molar-refractivity contribution in [3.05, 3.63) is 94.9 Å². The number of carbonyl (C=O) groups is 4. The number of rotatable bonds is 11. The van der Waals surface area contributed by atoms with Gasteiger partial charge in [-0.15, -0.1) is 0 Å². The van der Waals surface area contributed by atoms with Gasteiger partial charge in [0.15, 0.2) is 0 Å². The molecule has 8 rings (SSSR count). The van der Waals surface area contributed by atoms with E-state index in [4.69, 9.17) is 0 Å². The van der Waals surface area contributed by atoms with E-state index in [-0.39, 0.29) is 28.9 Å². The zero-order chi connectivity index (χ0) is 43.9. The van der Waals surface area contributed by atoms with Crippen LogP contribution < -0.4 is 25.6 Å². The van der Waals surface area contributed by atoms with E-state index in [9.17, 15) is 27.6 Å². The molecule has 16 nitrogen and oxygen atoms in total. The molecule has 0 radical (unpaired) electrons. The number of fused-ring (bicyclic) bond motifs is 1. The van der Waals surface area contributed by atoms with Crippen molar-refractivity contribution in [2.24, 2.45) is 0 Å². The number of piperazine rings is 1. The summed E-state index contributed by atoms with van der Waals surface area (Å²) in [5.41, 5.74) is 3.06. The highest BCUT2D eigenvalue weighted by molar-refractivity contribution is 7.89. The lowest BCUT2D eigenvalue weighted by molar-refractivity contribution is -0.136. The molecular weight excluding hydrogens is 816 g/mol. The fraction of sp³-hybridized carbons (Fsp3) is 0.409. The smallest absolute Gasteiger partial charge is 0.262 e. The molecule has 4 aromatic rings. The average molecular weight is 867 g/mol. The number of aryl methyl sites for hydroxylation is 1. The van der Waals surface area contributed by atoms with E-state index in [1.165, 1.54) is 6.07 Å². The van der Waals surface area contributed by atoms with Gasteiger partial charge in [0, 0.05) is 85.1 Å². The molecule has 5 heterocycles. The summed E-state index contributed by atoms with van der Waals surface area (Å²) < 4.78 is 43.9. The van der Waals surface area contributed by atoms with Crippen LogP contribution in [0.25, 0.3) is 0 Å². The topological polar surface area (TPSA) is 189 Å². The number of carbonyl (C=O) groups excluding carboxylic acids is 4. The molecule has 1 unspecified atom stereocenters. The number of amides is 4. The summed E-state index contributed by atoms with van der Waals surface area (Å²) in [6.07, 6.45) is 3.62. The Labute approximate surface area is 360 Å². The van der Waals surface area contributed by atoms with Gasteiger partial charge in [0.05, 0.1) is 16.0 Å². The van der Waals surface area contributed by atoms with Gasteiger partial charge in [0.1, 0.15) is 17.7 Å². The van der Waals surface area contributed by atoms with Gasteiger partial charge in [-0.2, -0.15) is 4.98 Å². The van der Waals surface area contributed by atoms with Gasteiger partial charge in [0.25, 0.3) is 11.8 Å². The van der Waals surface area contributed by atoms with Crippen molar-refractivity contribution in [2.75, 3.05) is 54.8 Å². The number of anilines is 5. The Hall–Kier alpha value is -5.82. The van der Waals surface area contributed by atoms with Gasteiger partial charge in [-0.1, -0.05) is 6.07 Å². The molecule has 0 bridgehead atoms.